The van der Waals surface area contributed by atoms with Crippen molar-refractivity contribution in [2.75, 3.05) is 33.0 Å². The van der Waals surface area contributed by atoms with Gasteiger partial charge in [0.15, 0.2) is 0 Å². The van der Waals surface area contributed by atoms with Crippen LogP contribution in [-0.2, 0) is 14.2 Å². The standard InChI is InChI=1S/C19H40O3/c1-18(2)12-10-8-6-5-7-9-11-13-20-14-15-21-16-17-22-19(3)4/h18-19H,5-17H2,1-4H3. The van der Waals surface area contributed by atoms with Crippen molar-refractivity contribution >= 4 is 0 Å². The summed E-state index contributed by atoms with van der Waals surface area (Å²) in [5.74, 6) is 0.865. The van der Waals surface area contributed by atoms with Crippen molar-refractivity contribution < 1.29 is 14.2 Å². The van der Waals surface area contributed by atoms with Crippen molar-refractivity contribution in [1.82, 2.24) is 0 Å². The summed E-state index contributed by atoms with van der Waals surface area (Å²) in [6.45, 7) is 12.3. The zero-order valence-electron chi connectivity index (χ0n) is 15.6. The molecular formula is C19H40O3. The lowest BCUT2D eigenvalue weighted by atomic mass is 10.0. The fraction of sp³-hybridized carbons (Fsp3) is 1.00. The summed E-state index contributed by atoms with van der Waals surface area (Å²) in [4.78, 5) is 0. The second-order valence-corrected chi connectivity index (χ2v) is 6.80. The summed E-state index contributed by atoms with van der Waals surface area (Å²) < 4.78 is 16.4. The summed E-state index contributed by atoms with van der Waals surface area (Å²) in [6, 6.07) is 0. The molecule has 0 unspecified atom stereocenters. The lowest BCUT2D eigenvalue weighted by molar-refractivity contribution is -0.00185. The largest absolute Gasteiger partial charge is 0.379 e. The zero-order valence-corrected chi connectivity index (χ0v) is 15.6. The van der Waals surface area contributed by atoms with E-state index in [4.69, 9.17) is 14.2 Å². The van der Waals surface area contributed by atoms with Crippen LogP contribution in [0.15, 0.2) is 0 Å². The number of ether oxygens (including phenoxy) is 3. The third kappa shape index (κ3) is 19.9. The van der Waals surface area contributed by atoms with Crippen LogP contribution < -0.4 is 0 Å². The third-order valence-electron chi connectivity index (χ3n) is 3.62. The SMILES string of the molecule is CC(C)CCCCCCCCCOCCOCCOC(C)C. The number of rotatable bonds is 17. The Morgan fingerprint density at radius 2 is 1.05 bits per heavy atom. The molecule has 3 nitrogen and oxygen atoms in total. The lowest BCUT2D eigenvalue weighted by Gasteiger charge is -2.08. The van der Waals surface area contributed by atoms with Gasteiger partial charge in [0.2, 0.25) is 0 Å². The smallest absolute Gasteiger partial charge is 0.0703 e. The Labute approximate surface area is 139 Å². The van der Waals surface area contributed by atoms with E-state index in [1.807, 2.05) is 13.8 Å². The predicted octanol–water partition coefficient (Wildman–Crippen LogP) is 5.22. The minimum absolute atomic E-state index is 0.287. The van der Waals surface area contributed by atoms with E-state index >= 15 is 0 Å². The molecule has 0 fully saturated rings. The van der Waals surface area contributed by atoms with Gasteiger partial charge in [0, 0.05) is 6.61 Å². The van der Waals surface area contributed by atoms with Crippen LogP contribution in [0.1, 0.15) is 79.1 Å². The molecule has 3 heteroatoms. The van der Waals surface area contributed by atoms with Crippen molar-refractivity contribution in [3.05, 3.63) is 0 Å². The number of unbranched alkanes of at least 4 members (excludes halogenated alkanes) is 6. The highest BCUT2D eigenvalue weighted by Crippen LogP contribution is 2.11. The van der Waals surface area contributed by atoms with Gasteiger partial charge in [0.1, 0.15) is 0 Å². The molecule has 0 rings (SSSR count). The first-order valence-electron chi connectivity index (χ1n) is 9.40. The second-order valence-electron chi connectivity index (χ2n) is 6.80. The van der Waals surface area contributed by atoms with E-state index in [0.717, 1.165) is 12.5 Å². The van der Waals surface area contributed by atoms with Gasteiger partial charge in [0.25, 0.3) is 0 Å². The molecule has 0 saturated heterocycles. The maximum absolute atomic E-state index is 5.57. The molecule has 0 aliphatic rings. The minimum atomic E-state index is 0.287. The van der Waals surface area contributed by atoms with Crippen LogP contribution in [0.4, 0.5) is 0 Å². The van der Waals surface area contributed by atoms with Crippen LogP contribution in [0, 0.1) is 5.92 Å². The predicted molar refractivity (Wildman–Crippen MR) is 94.5 cm³/mol. The van der Waals surface area contributed by atoms with Crippen molar-refractivity contribution in [1.29, 1.82) is 0 Å². The maximum Gasteiger partial charge on any atom is 0.0703 e. The lowest BCUT2D eigenvalue weighted by Crippen LogP contribution is -2.12. The Kier molecular flexibility index (Phi) is 17.1. The molecule has 0 radical (unpaired) electrons. The second kappa shape index (κ2) is 17.2. The van der Waals surface area contributed by atoms with Crippen LogP contribution >= 0.6 is 0 Å². The molecule has 22 heavy (non-hydrogen) atoms. The third-order valence-corrected chi connectivity index (χ3v) is 3.62. The van der Waals surface area contributed by atoms with Gasteiger partial charge in [-0.05, 0) is 26.2 Å². The molecular weight excluding hydrogens is 276 g/mol. The van der Waals surface area contributed by atoms with Gasteiger partial charge in [-0.3, -0.25) is 0 Å². The molecule has 0 saturated carbocycles. The Bertz CT molecular complexity index is 183. The summed E-state index contributed by atoms with van der Waals surface area (Å²) in [7, 11) is 0. The van der Waals surface area contributed by atoms with E-state index in [1.54, 1.807) is 0 Å². The highest BCUT2D eigenvalue weighted by molar-refractivity contribution is 4.49. The van der Waals surface area contributed by atoms with E-state index < -0.39 is 0 Å². The topological polar surface area (TPSA) is 27.7 Å². The van der Waals surface area contributed by atoms with Gasteiger partial charge in [-0.1, -0.05) is 58.8 Å². The van der Waals surface area contributed by atoms with Crippen LogP contribution in [0.5, 0.6) is 0 Å². The number of hydrogen-bond acceptors (Lipinski definition) is 3. The molecule has 0 aliphatic heterocycles. The molecule has 0 heterocycles. The highest BCUT2D eigenvalue weighted by Gasteiger charge is 1.96. The van der Waals surface area contributed by atoms with Gasteiger partial charge in [-0.15, -0.1) is 0 Å². The molecule has 0 amide bonds. The molecule has 0 aromatic heterocycles. The minimum Gasteiger partial charge on any atom is -0.379 e. The van der Waals surface area contributed by atoms with Crippen molar-refractivity contribution in [3.63, 3.8) is 0 Å². The molecule has 0 spiro atoms. The van der Waals surface area contributed by atoms with Crippen LogP contribution in [0.3, 0.4) is 0 Å². The van der Waals surface area contributed by atoms with E-state index in [1.165, 1.54) is 51.4 Å². The fourth-order valence-electron chi connectivity index (χ4n) is 2.31. The Morgan fingerprint density at radius 3 is 1.64 bits per heavy atom. The monoisotopic (exact) mass is 316 g/mol. The molecule has 0 bridgehead atoms. The van der Waals surface area contributed by atoms with Crippen molar-refractivity contribution in [2.45, 2.75) is 85.2 Å². The summed E-state index contributed by atoms with van der Waals surface area (Å²) in [6.07, 6.45) is 11.1. The summed E-state index contributed by atoms with van der Waals surface area (Å²) >= 11 is 0. The Balaban J connectivity index is 2.97. The van der Waals surface area contributed by atoms with Gasteiger partial charge >= 0.3 is 0 Å². The average molecular weight is 317 g/mol. The molecule has 0 N–H and O–H groups in total. The average Bonchev–Trinajstić information content (AvgIpc) is 2.46. The summed E-state index contributed by atoms with van der Waals surface area (Å²) in [5.41, 5.74) is 0. The van der Waals surface area contributed by atoms with Crippen molar-refractivity contribution in [2.24, 2.45) is 5.92 Å². The first kappa shape index (κ1) is 21.9. The van der Waals surface area contributed by atoms with Crippen LogP contribution in [0.25, 0.3) is 0 Å². The highest BCUT2D eigenvalue weighted by atomic mass is 16.5. The normalized spacial score (nSPS) is 11.7. The molecule has 0 aromatic carbocycles. The molecule has 0 aromatic rings. The van der Waals surface area contributed by atoms with E-state index in [0.29, 0.717) is 26.4 Å². The Morgan fingerprint density at radius 1 is 0.545 bits per heavy atom. The van der Waals surface area contributed by atoms with E-state index in [9.17, 15) is 0 Å². The van der Waals surface area contributed by atoms with Crippen LogP contribution in [-0.4, -0.2) is 39.1 Å². The molecule has 0 aliphatic carbocycles. The van der Waals surface area contributed by atoms with Gasteiger partial charge in [-0.25, -0.2) is 0 Å². The van der Waals surface area contributed by atoms with Gasteiger partial charge < -0.3 is 14.2 Å². The summed E-state index contributed by atoms with van der Waals surface area (Å²) in [5, 5.41) is 0. The first-order valence-corrected chi connectivity index (χ1v) is 9.40. The Hall–Kier alpha value is -0.120. The number of hydrogen-bond donors (Lipinski definition) is 0. The zero-order chi connectivity index (χ0) is 16.5. The maximum atomic E-state index is 5.57. The van der Waals surface area contributed by atoms with Gasteiger partial charge in [0.05, 0.1) is 32.5 Å². The van der Waals surface area contributed by atoms with Gasteiger partial charge in [-0.2, -0.15) is 0 Å². The fourth-order valence-corrected chi connectivity index (χ4v) is 2.31. The first-order chi connectivity index (χ1) is 10.6. The van der Waals surface area contributed by atoms with E-state index in [2.05, 4.69) is 13.8 Å². The van der Waals surface area contributed by atoms with Crippen molar-refractivity contribution in [3.8, 4) is 0 Å². The molecule has 0 atom stereocenters. The van der Waals surface area contributed by atoms with E-state index in [-0.39, 0.29) is 6.10 Å². The quantitative estimate of drug-likeness (QED) is 0.344. The molecule has 134 valence electrons. The van der Waals surface area contributed by atoms with Crippen LogP contribution in [0.2, 0.25) is 0 Å².